The molecule has 0 aliphatic carbocycles. The van der Waals surface area contributed by atoms with Crippen molar-refractivity contribution in [3.63, 3.8) is 0 Å². The van der Waals surface area contributed by atoms with Gasteiger partial charge in [-0.05, 0) is 25.8 Å². The molecule has 0 aromatic carbocycles. The molecule has 1 aliphatic rings. The van der Waals surface area contributed by atoms with Crippen molar-refractivity contribution in [3.05, 3.63) is 30.1 Å². The van der Waals surface area contributed by atoms with Gasteiger partial charge in [-0.2, -0.15) is 0 Å². The quantitative estimate of drug-likeness (QED) is 0.553. The molecule has 1 saturated heterocycles. The Morgan fingerprint density at radius 2 is 2.17 bits per heavy atom. The predicted octanol–water partition coefficient (Wildman–Crippen LogP) is 2.38. The highest BCUT2D eigenvalue weighted by Gasteiger charge is 2.21. The molecule has 0 unspecified atom stereocenters. The van der Waals surface area contributed by atoms with Crippen LogP contribution >= 0.6 is 0 Å². The van der Waals surface area contributed by atoms with Gasteiger partial charge in [0.05, 0.1) is 11.3 Å². The number of aliphatic hydroxyl groups is 1. The van der Waals surface area contributed by atoms with Crippen LogP contribution in [0, 0.1) is 12.3 Å². The van der Waals surface area contributed by atoms with Gasteiger partial charge < -0.3 is 20.3 Å². The second kappa shape index (κ2) is 7.66. The van der Waals surface area contributed by atoms with Crippen LogP contribution < -0.4 is 5.32 Å². The van der Waals surface area contributed by atoms with E-state index in [1.54, 1.807) is 12.3 Å². The van der Waals surface area contributed by atoms with E-state index in [4.69, 9.17) is 0 Å². The summed E-state index contributed by atoms with van der Waals surface area (Å²) < 4.78 is 0. The number of H-pyrrole nitrogens is 1. The summed E-state index contributed by atoms with van der Waals surface area (Å²) in [6.07, 6.45) is 5.74. The minimum Gasteiger partial charge on any atom is -0.396 e. The second-order valence-electron chi connectivity index (χ2n) is 7.05. The fraction of sp³-hybridized carbons (Fsp3) is 0.556. The largest absolute Gasteiger partial charge is 0.396 e. The molecular weight excluding hydrogens is 304 g/mol. The van der Waals surface area contributed by atoms with Gasteiger partial charge >= 0.3 is 0 Å². The van der Waals surface area contributed by atoms with E-state index >= 15 is 0 Å². The van der Waals surface area contributed by atoms with Gasteiger partial charge in [0.25, 0.3) is 5.91 Å². The number of likely N-dealkylation sites (tertiary alicyclic amines) is 1. The average Bonchev–Trinajstić information content (AvgIpc) is 3.21. The molecule has 24 heavy (non-hydrogen) atoms. The third-order valence-corrected chi connectivity index (χ3v) is 4.28. The van der Waals surface area contributed by atoms with E-state index in [1.165, 1.54) is 0 Å². The van der Waals surface area contributed by atoms with Crippen LogP contribution in [0.25, 0.3) is 0 Å². The van der Waals surface area contributed by atoms with Crippen LogP contribution in [-0.2, 0) is 0 Å². The SMILES string of the molecule is C=CC(=Nc1c(C(=O)NCC(C)(C)CO)c[nH]c1C)N1CCCC1. The van der Waals surface area contributed by atoms with Gasteiger partial charge in [0.2, 0.25) is 0 Å². The van der Waals surface area contributed by atoms with Crippen molar-refractivity contribution >= 4 is 17.4 Å². The molecule has 0 bridgehead atoms. The fourth-order valence-electron chi connectivity index (χ4n) is 2.61. The van der Waals surface area contributed by atoms with Crippen LogP contribution in [0.1, 0.15) is 42.7 Å². The van der Waals surface area contributed by atoms with Crippen molar-refractivity contribution < 1.29 is 9.90 Å². The van der Waals surface area contributed by atoms with Gasteiger partial charge in [-0.3, -0.25) is 4.79 Å². The first-order chi connectivity index (χ1) is 11.4. The van der Waals surface area contributed by atoms with Crippen LogP contribution in [0.3, 0.4) is 0 Å². The second-order valence-corrected chi connectivity index (χ2v) is 7.05. The van der Waals surface area contributed by atoms with Crippen molar-refractivity contribution in [1.29, 1.82) is 0 Å². The lowest BCUT2D eigenvalue weighted by atomic mass is 9.95. The van der Waals surface area contributed by atoms with Crippen molar-refractivity contribution in [2.75, 3.05) is 26.2 Å². The maximum Gasteiger partial charge on any atom is 0.255 e. The minimum atomic E-state index is -0.355. The molecule has 1 amide bonds. The number of nitrogens with one attached hydrogen (secondary N) is 2. The number of aliphatic imine (C=N–C) groups is 1. The van der Waals surface area contributed by atoms with Gasteiger partial charge in [-0.15, -0.1) is 0 Å². The lowest BCUT2D eigenvalue weighted by molar-refractivity contribution is 0.0912. The zero-order chi connectivity index (χ0) is 17.7. The molecule has 1 aromatic heterocycles. The van der Waals surface area contributed by atoms with Crippen LogP contribution in [-0.4, -0.2) is 53.0 Å². The van der Waals surface area contributed by atoms with E-state index < -0.39 is 0 Å². The van der Waals surface area contributed by atoms with E-state index in [9.17, 15) is 9.90 Å². The molecule has 2 heterocycles. The normalized spacial score (nSPS) is 15.7. The summed E-state index contributed by atoms with van der Waals surface area (Å²) in [5, 5.41) is 12.2. The lowest BCUT2D eigenvalue weighted by Gasteiger charge is -2.21. The molecule has 132 valence electrons. The number of carbonyl (C=O) groups is 1. The van der Waals surface area contributed by atoms with Gasteiger partial charge in [-0.25, -0.2) is 4.99 Å². The number of rotatable bonds is 6. The number of amides is 1. The number of aryl methyl sites for hydroxylation is 1. The van der Waals surface area contributed by atoms with Crippen molar-refractivity contribution in [3.8, 4) is 0 Å². The summed E-state index contributed by atoms with van der Waals surface area (Å²) in [4.78, 5) is 22.5. The van der Waals surface area contributed by atoms with Gasteiger partial charge in [-0.1, -0.05) is 20.4 Å². The first-order valence-electron chi connectivity index (χ1n) is 8.41. The van der Waals surface area contributed by atoms with Crippen molar-refractivity contribution in [2.24, 2.45) is 10.4 Å². The fourth-order valence-corrected chi connectivity index (χ4v) is 2.61. The van der Waals surface area contributed by atoms with Gasteiger partial charge in [0, 0.05) is 43.5 Å². The maximum atomic E-state index is 12.5. The molecular formula is C18H28N4O2. The Kier molecular flexibility index (Phi) is 5.83. The molecule has 1 aromatic rings. The van der Waals surface area contributed by atoms with Crippen LogP contribution in [0.2, 0.25) is 0 Å². The number of aromatic amines is 1. The number of aliphatic hydroxyl groups excluding tert-OH is 1. The predicted molar refractivity (Wildman–Crippen MR) is 96.8 cm³/mol. The Morgan fingerprint density at radius 1 is 1.50 bits per heavy atom. The summed E-state index contributed by atoms with van der Waals surface area (Å²) in [6, 6.07) is 0. The number of amidine groups is 1. The first kappa shape index (κ1) is 18.3. The number of carbonyl (C=O) groups excluding carboxylic acids is 1. The third kappa shape index (κ3) is 4.26. The van der Waals surface area contributed by atoms with E-state index in [0.717, 1.165) is 37.5 Å². The summed E-state index contributed by atoms with van der Waals surface area (Å²) in [7, 11) is 0. The van der Waals surface area contributed by atoms with E-state index in [1.807, 2.05) is 20.8 Å². The summed E-state index contributed by atoms with van der Waals surface area (Å²) in [5.74, 6) is 0.615. The highest BCUT2D eigenvalue weighted by molar-refractivity contribution is 6.02. The van der Waals surface area contributed by atoms with E-state index in [0.29, 0.717) is 17.8 Å². The van der Waals surface area contributed by atoms with Crippen LogP contribution in [0.15, 0.2) is 23.8 Å². The molecule has 2 rings (SSSR count). The Balaban J connectivity index is 2.21. The zero-order valence-corrected chi connectivity index (χ0v) is 14.9. The Morgan fingerprint density at radius 3 is 2.75 bits per heavy atom. The standard InChI is InChI=1S/C18H28N4O2/c1-5-15(22-8-6-7-9-22)21-16-13(2)19-10-14(16)17(24)20-11-18(3,4)12-23/h5,10,19,23H,1,6-9,11-12H2,2-4H3,(H,20,24). The molecule has 0 radical (unpaired) electrons. The molecule has 0 saturated carbocycles. The Hall–Kier alpha value is -2.08. The number of hydrogen-bond acceptors (Lipinski definition) is 3. The number of hydrogen-bond donors (Lipinski definition) is 3. The zero-order valence-electron chi connectivity index (χ0n) is 14.9. The Labute approximate surface area is 143 Å². The maximum absolute atomic E-state index is 12.5. The molecule has 1 fully saturated rings. The summed E-state index contributed by atoms with van der Waals surface area (Å²) in [5.41, 5.74) is 1.66. The topological polar surface area (TPSA) is 80.7 Å². The number of nitrogens with zero attached hydrogens (tertiary/aromatic N) is 2. The monoisotopic (exact) mass is 332 g/mol. The molecule has 3 N–H and O–H groups in total. The summed E-state index contributed by atoms with van der Waals surface area (Å²) in [6.45, 7) is 11.9. The van der Waals surface area contributed by atoms with Crippen LogP contribution in [0.4, 0.5) is 5.69 Å². The molecule has 6 nitrogen and oxygen atoms in total. The van der Waals surface area contributed by atoms with E-state index in [2.05, 4.69) is 26.8 Å². The average molecular weight is 332 g/mol. The highest BCUT2D eigenvalue weighted by Crippen LogP contribution is 2.25. The van der Waals surface area contributed by atoms with Crippen molar-refractivity contribution in [1.82, 2.24) is 15.2 Å². The first-order valence-corrected chi connectivity index (χ1v) is 8.41. The number of aromatic nitrogens is 1. The summed E-state index contributed by atoms with van der Waals surface area (Å²) >= 11 is 0. The van der Waals surface area contributed by atoms with Crippen molar-refractivity contribution in [2.45, 2.75) is 33.6 Å². The molecule has 0 atom stereocenters. The third-order valence-electron chi connectivity index (χ3n) is 4.28. The smallest absolute Gasteiger partial charge is 0.255 e. The van der Waals surface area contributed by atoms with Crippen LogP contribution in [0.5, 0.6) is 0 Å². The molecule has 0 spiro atoms. The van der Waals surface area contributed by atoms with E-state index in [-0.39, 0.29) is 17.9 Å². The molecule has 1 aliphatic heterocycles. The molecule has 6 heteroatoms. The van der Waals surface area contributed by atoms with Gasteiger partial charge in [0.15, 0.2) is 0 Å². The minimum absolute atomic E-state index is 0.0139. The lowest BCUT2D eigenvalue weighted by Crippen LogP contribution is -2.36. The highest BCUT2D eigenvalue weighted by atomic mass is 16.3. The van der Waals surface area contributed by atoms with Gasteiger partial charge in [0.1, 0.15) is 5.84 Å². The Bertz CT molecular complexity index is 625.